The molecule has 0 aliphatic carbocycles. The minimum atomic E-state index is -1.41. The molecule has 4 unspecified atom stereocenters. The van der Waals surface area contributed by atoms with Crippen LogP contribution in [0, 0.1) is 0 Å². The average Bonchev–Trinajstić information content (AvgIpc) is 1.74. The molecule has 120 heavy (non-hydrogen) atoms. The van der Waals surface area contributed by atoms with Crippen molar-refractivity contribution >= 4 is 173 Å². The lowest BCUT2D eigenvalue weighted by atomic mass is 10.1. The number of ketones is 4. The zero-order valence-electron chi connectivity index (χ0n) is 63.9. The predicted molar refractivity (Wildman–Crippen MR) is 450 cm³/mol. The van der Waals surface area contributed by atoms with Crippen LogP contribution in [0.4, 0.5) is 4.79 Å². The molecule has 8 atom stereocenters. The molecule has 33 heteroatoms. The lowest BCUT2D eigenvalue weighted by molar-refractivity contribution is -0.154. The summed E-state index contributed by atoms with van der Waals surface area (Å²) < 4.78 is 44.2. The van der Waals surface area contributed by atoms with Gasteiger partial charge in [-0.15, -0.1) is 0 Å². The molecule has 0 saturated carbocycles. The van der Waals surface area contributed by atoms with Crippen LogP contribution in [-0.2, 0) is 107 Å². The predicted octanol–water partition coefficient (Wildman–Crippen LogP) is 16.5. The van der Waals surface area contributed by atoms with E-state index in [9.17, 15) is 67.1 Å². The molecule has 4 saturated heterocycles. The number of aliphatic carboxylic acids is 2. The van der Waals surface area contributed by atoms with Gasteiger partial charge in [0.15, 0.2) is 68.0 Å². The minimum Gasteiger partial charge on any atom is -0.489 e. The maximum atomic E-state index is 12.1. The summed E-state index contributed by atoms with van der Waals surface area (Å²) in [5.41, 5.74) is 6.28. The maximum absolute atomic E-state index is 12.1. The van der Waals surface area contributed by atoms with E-state index in [0.717, 1.165) is 74.9 Å². The Bertz CT molecular complexity index is 4700. The molecule has 12 rings (SSSR count). The van der Waals surface area contributed by atoms with Gasteiger partial charge in [0.2, 0.25) is 0 Å². The second kappa shape index (κ2) is 46.9. The fraction of sp³-hybridized carbons (Fsp3) is 0.287. The highest BCUT2D eigenvalue weighted by Gasteiger charge is 2.36. The molecule has 4 fully saturated rings. The standard InChI is InChI=1S/2C23H21ClO7S.C21H19ClO5S.C20H17ClO6S/c2*24-16-3-1-2-15(11-16)19(31-22(28)9-8-21(26)27)13-30-17-6-4-14(5-7-17)10-20-18(25)12-23(29)32-20;1-13(23)27-19(15-3-2-4-16(22)10-15)12-26-17-7-5-14(6-8-17)9-20-18(24)11-21(25)28-20;21-14-3-1-2-13(9-14)17(27-20(24)25)11-26-15-6-4-12(5-7-15)8-18-16(22)10-19(23)28-18/h2*1-7,11,19-20H,8-10,12-13H2,(H,26,27);2-8,10,19-20H,9,11-12H2,1H3;1-7,9,17-18H,8,10-11H2,(H,24,25)/t3*19-,20?;17-,18?/m1010/s1. The van der Waals surface area contributed by atoms with Gasteiger partial charge in [-0.3, -0.25) is 62.3 Å². The molecule has 8 aromatic rings. The quantitative estimate of drug-likeness (QED) is 0.0191. The average molecular weight is 1790 g/mol. The zero-order chi connectivity index (χ0) is 86.4. The van der Waals surface area contributed by atoms with Gasteiger partial charge in [-0.1, -0.05) is 191 Å². The zero-order valence-corrected chi connectivity index (χ0v) is 70.2. The number of ether oxygens (including phenoxy) is 8. The van der Waals surface area contributed by atoms with Crippen LogP contribution in [-0.4, -0.2) is 142 Å². The van der Waals surface area contributed by atoms with Gasteiger partial charge in [0.25, 0.3) is 0 Å². The van der Waals surface area contributed by atoms with Gasteiger partial charge in [-0.2, -0.15) is 0 Å². The van der Waals surface area contributed by atoms with E-state index in [0.29, 0.717) is 85.5 Å². The van der Waals surface area contributed by atoms with E-state index in [1.807, 2.05) is 54.6 Å². The van der Waals surface area contributed by atoms with E-state index in [2.05, 4.69) is 0 Å². The molecule has 0 amide bonds. The third-order valence-corrected chi connectivity index (χ3v) is 23.3. The number of halogens is 4. The second-order valence-electron chi connectivity index (χ2n) is 27.1. The summed E-state index contributed by atoms with van der Waals surface area (Å²) in [6, 6.07) is 56.1. The Labute approximate surface area is 725 Å². The van der Waals surface area contributed by atoms with E-state index in [4.69, 9.17) is 99.6 Å². The topological polar surface area (TPSA) is 374 Å². The molecule has 4 aliphatic rings. The van der Waals surface area contributed by atoms with Gasteiger partial charge in [-0.25, -0.2) is 4.79 Å². The van der Waals surface area contributed by atoms with Gasteiger partial charge < -0.3 is 53.2 Å². The SMILES string of the molecule is CC(=O)O[C@H](COc1ccc(CC2SC(=O)CC2=O)cc1)c1cccc(Cl)c1.O=C(O)CCC(=O)O[C@@H](COc1ccc(CC2SC(=O)CC2=O)cc1)c1cccc(Cl)c1.O=C(O)CCC(=O)O[C@H](COc1ccc(CC2SC(=O)CC2=O)cc1)c1cccc(Cl)c1.O=C(O)O[C@@H](COc1ccc(CC2SC(=O)CC2=O)cc1)c1cccc(Cl)c1. The Balaban J connectivity index is 0.000000182. The molecule has 0 bridgehead atoms. The van der Waals surface area contributed by atoms with Gasteiger partial charge >= 0.3 is 36.0 Å². The third-order valence-electron chi connectivity index (χ3n) is 17.9. The number of Topliss-reactive ketones (excluding diaryl/α,β-unsaturated/α-hetero) is 4. The smallest absolute Gasteiger partial charge is 0.489 e. The lowest BCUT2D eigenvalue weighted by Crippen LogP contribution is -2.19. The fourth-order valence-corrected chi connectivity index (χ4v) is 16.9. The Morgan fingerprint density at radius 1 is 0.333 bits per heavy atom. The van der Waals surface area contributed by atoms with Crippen LogP contribution in [0.3, 0.4) is 0 Å². The van der Waals surface area contributed by atoms with Crippen LogP contribution in [0.5, 0.6) is 23.0 Å². The van der Waals surface area contributed by atoms with E-state index in [1.165, 1.54) is 6.92 Å². The van der Waals surface area contributed by atoms with E-state index < -0.39 is 60.4 Å². The summed E-state index contributed by atoms with van der Waals surface area (Å²) in [7, 11) is 0. The van der Waals surface area contributed by atoms with Gasteiger partial charge in [0.05, 0.1) is 72.4 Å². The lowest BCUT2D eigenvalue weighted by Gasteiger charge is -2.19. The number of rotatable bonds is 34. The number of carboxylic acids is 2. The Kier molecular flexibility index (Phi) is 36.5. The molecule has 0 spiro atoms. The van der Waals surface area contributed by atoms with Crippen LogP contribution in [0.15, 0.2) is 194 Å². The van der Waals surface area contributed by atoms with E-state index in [-0.39, 0.29) is 142 Å². The molecule has 628 valence electrons. The molecule has 4 aliphatic heterocycles. The van der Waals surface area contributed by atoms with Crippen molar-refractivity contribution in [2.24, 2.45) is 0 Å². The molecule has 0 radical (unpaired) electrons. The van der Waals surface area contributed by atoms with E-state index >= 15 is 0 Å². The molecule has 4 heterocycles. The van der Waals surface area contributed by atoms with E-state index in [1.54, 1.807) is 140 Å². The van der Waals surface area contributed by atoms with Crippen LogP contribution < -0.4 is 18.9 Å². The van der Waals surface area contributed by atoms with Gasteiger partial charge in [-0.05, 0) is 167 Å². The van der Waals surface area contributed by atoms with Crippen molar-refractivity contribution in [2.45, 2.75) is 129 Å². The Hall–Kier alpha value is -10.5. The number of thioether (sulfide) groups is 4. The minimum absolute atomic E-state index is 0.00393. The molecule has 0 aromatic heterocycles. The number of carbonyl (C=O) groups excluding carboxylic acids is 11. The summed E-state index contributed by atoms with van der Waals surface area (Å²) in [4.78, 5) is 161. The van der Waals surface area contributed by atoms with Crippen molar-refractivity contribution in [1.82, 2.24) is 0 Å². The van der Waals surface area contributed by atoms with Crippen molar-refractivity contribution in [3.8, 4) is 23.0 Å². The molecule has 25 nitrogen and oxygen atoms in total. The summed E-state index contributed by atoms with van der Waals surface area (Å²) in [6.45, 7) is 1.48. The fourth-order valence-electron chi connectivity index (χ4n) is 11.9. The summed E-state index contributed by atoms with van der Waals surface area (Å²) in [6.07, 6.45) is -3.51. The Morgan fingerprint density at radius 2 is 0.567 bits per heavy atom. The number of hydrogen-bond donors (Lipinski definition) is 3. The molecular formula is C87H78Cl4O25S4. The molecule has 3 N–H and O–H groups in total. The van der Waals surface area contributed by atoms with Gasteiger partial charge in [0.1, 0.15) is 49.4 Å². The van der Waals surface area contributed by atoms with Gasteiger partial charge in [0, 0.05) is 27.0 Å². The normalized spacial score (nSPS) is 17.0. The highest BCUT2D eigenvalue weighted by molar-refractivity contribution is 8.16. The highest BCUT2D eigenvalue weighted by atomic mass is 35.5. The molecular weight excluding hydrogens is 1720 g/mol. The number of esters is 3. The van der Waals surface area contributed by atoms with Crippen molar-refractivity contribution < 1.29 is 120 Å². The first-order valence-electron chi connectivity index (χ1n) is 37.1. The largest absolute Gasteiger partial charge is 0.506 e. The summed E-state index contributed by atoms with van der Waals surface area (Å²) in [5.74, 6) is -1.80. The second-order valence-corrected chi connectivity index (χ2v) is 33.8. The number of carboxylic acid groups (broad SMARTS) is 3. The first-order chi connectivity index (χ1) is 57.4. The van der Waals surface area contributed by atoms with Crippen LogP contribution in [0.25, 0.3) is 0 Å². The number of benzene rings is 8. The monoisotopic (exact) mass is 1790 g/mol. The van der Waals surface area contributed by atoms with Crippen LogP contribution >= 0.6 is 93.5 Å². The first-order valence-corrected chi connectivity index (χ1v) is 42.1. The van der Waals surface area contributed by atoms with Crippen molar-refractivity contribution in [2.75, 3.05) is 26.4 Å². The maximum Gasteiger partial charge on any atom is 0.506 e. The molecule has 8 aromatic carbocycles. The van der Waals surface area contributed by atoms with Crippen molar-refractivity contribution in [1.29, 1.82) is 0 Å². The number of hydrogen-bond acceptors (Lipinski definition) is 26. The highest BCUT2D eigenvalue weighted by Crippen LogP contribution is 2.35. The summed E-state index contributed by atoms with van der Waals surface area (Å²) >= 11 is 28.4. The van der Waals surface area contributed by atoms with Crippen LogP contribution in [0.1, 0.15) is 127 Å². The van der Waals surface area contributed by atoms with Crippen LogP contribution in [0.2, 0.25) is 20.1 Å². The number of carbonyl (C=O) groups is 14. The van der Waals surface area contributed by atoms with Crippen molar-refractivity contribution in [3.63, 3.8) is 0 Å². The summed E-state index contributed by atoms with van der Waals surface area (Å²) in [5, 5.41) is 26.8. The Morgan fingerprint density at radius 3 is 0.767 bits per heavy atom. The first kappa shape index (κ1) is 93.4. The van der Waals surface area contributed by atoms with Crippen molar-refractivity contribution in [3.05, 3.63) is 259 Å². The third kappa shape index (κ3) is 31.9.